The van der Waals surface area contributed by atoms with Gasteiger partial charge in [-0.05, 0) is 23.8 Å². The fourth-order valence-electron chi connectivity index (χ4n) is 1.28. The zero-order valence-electron chi connectivity index (χ0n) is 10.1. The van der Waals surface area contributed by atoms with Gasteiger partial charge in [-0.15, -0.1) is 0 Å². The molecule has 6 heteroatoms. The van der Waals surface area contributed by atoms with Gasteiger partial charge in [0.1, 0.15) is 0 Å². The van der Waals surface area contributed by atoms with Crippen molar-refractivity contribution >= 4 is 23.9 Å². The number of carbonyl (C=O) groups is 3. The van der Waals surface area contributed by atoms with Crippen molar-refractivity contribution in [3.63, 3.8) is 0 Å². The van der Waals surface area contributed by atoms with Crippen LogP contribution < -0.4 is 11.1 Å². The summed E-state index contributed by atoms with van der Waals surface area (Å²) in [5.41, 5.74) is 6.22. The number of carboxylic acid groups (broad SMARTS) is 1. The second kappa shape index (κ2) is 6.95. The number of carboxylic acids is 1. The molecule has 0 aliphatic rings. The Morgan fingerprint density at radius 1 is 1.21 bits per heavy atom. The van der Waals surface area contributed by atoms with Crippen molar-refractivity contribution in [3.8, 4) is 0 Å². The molecule has 1 aromatic carbocycles. The van der Waals surface area contributed by atoms with Gasteiger partial charge in [0, 0.05) is 18.2 Å². The molecular formula is C13H14N2O4. The summed E-state index contributed by atoms with van der Waals surface area (Å²) in [5.74, 6) is -1.85. The Kier molecular flexibility index (Phi) is 5.28. The fourth-order valence-corrected chi connectivity index (χ4v) is 1.28. The standard InChI is InChI=1S/C13H14N2O4/c14-13(19)10-4-1-9(2-5-10)3-6-11(16)15-8-7-12(17)18/h1-6H,7-8H2,(H2,14,19)(H,15,16)(H,17,18)/b6-3+. The molecule has 0 aliphatic carbocycles. The maximum absolute atomic E-state index is 11.3. The van der Waals surface area contributed by atoms with Crippen molar-refractivity contribution in [2.24, 2.45) is 5.73 Å². The molecule has 6 nitrogen and oxygen atoms in total. The lowest BCUT2D eigenvalue weighted by molar-refractivity contribution is -0.136. The molecule has 0 aliphatic heterocycles. The van der Waals surface area contributed by atoms with Crippen molar-refractivity contribution in [2.45, 2.75) is 6.42 Å². The molecule has 0 fully saturated rings. The van der Waals surface area contributed by atoms with E-state index in [0.29, 0.717) is 5.56 Å². The monoisotopic (exact) mass is 262 g/mol. The van der Waals surface area contributed by atoms with Crippen molar-refractivity contribution in [1.82, 2.24) is 5.32 Å². The Bertz CT molecular complexity index is 506. The highest BCUT2D eigenvalue weighted by molar-refractivity contribution is 5.94. The second-order valence-corrected chi connectivity index (χ2v) is 3.75. The van der Waals surface area contributed by atoms with Gasteiger partial charge >= 0.3 is 5.97 Å². The van der Waals surface area contributed by atoms with Crippen molar-refractivity contribution in [3.05, 3.63) is 41.5 Å². The maximum Gasteiger partial charge on any atom is 0.305 e. The van der Waals surface area contributed by atoms with E-state index >= 15 is 0 Å². The molecule has 2 amide bonds. The van der Waals surface area contributed by atoms with Gasteiger partial charge in [-0.3, -0.25) is 14.4 Å². The molecule has 0 atom stereocenters. The third-order valence-electron chi connectivity index (χ3n) is 2.26. The van der Waals surface area contributed by atoms with Crippen LogP contribution in [0.2, 0.25) is 0 Å². The number of amides is 2. The lowest BCUT2D eigenvalue weighted by Gasteiger charge is -1.99. The van der Waals surface area contributed by atoms with Crippen LogP contribution in [0.5, 0.6) is 0 Å². The Morgan fingerprint density at radius 2 is 1.84 bits per heavy atom. The van der Waals surface area contributed by atoms with Crippen LogP contribution in [-0.4, -0.2) is 29.4 Å². The number of nitrogens with one attached hydrogen (secondary N) is 1. The third-order valence-corrected chi connectivity index (χ3v) is 2.26. The number of primary amides is 1. The number of hydrogen-bond acceptors (Lipinski definition) is 3. The first-order valence-electron chi connectivity index (χ1n) is 5.56. The first-order chi connectivity index (χ1) is 8.99. The van der Waals surface area contributed by atoms with E-state index in [2.05, 4.69) is 5.32 Å². The zero-order chi connectivity index (χ0) is 14.3. The average Bonchev–Trinajstić information content (AvgIpc) is 2.36. The first-order valence-corrected chi connectivity index (χ1v) is 5.56. The van der Waals surface area contributed by atoms with Crippen LogP contribution in [0.1, 0.15) is 22.3 Å². The Hall–Kier alpha value is -2.63. The summed E-state index contributed by atoms with van der Waals surface area (Å²) in [4.78, 5) is 32.4. The summed E-state index contributed by atoms with van der Waals surface area (Å²) in [5, 5.41) is 10.8. The van der Waals surface area contributed by atoms with E-state index in [1.165, 1.54) is 6.08 Å². The molecule has 0 saturated carbocycles. The molecule has 0 aromatic heterocycles. The summed E-state index contributed by atoms with van der Waals surface area (Å²) in [6, 6.07) is 6.43. The lowest BCUT2D eigenvalue weighted by atomic mass is 10.1. The minimum Gasteiger partial charge on any atom is -0.481 e. The van der Waals surface area contributed by atoms with E-state index < -0.39 is 11.9 Å². The highest BCUT2D eigenvalue weighted by atomic mass is 16.4. The topological polar surface area (TPSA) is 109 Å². The molecule has 0 spiro atoms. The van der Waals surface area contributed by atoms with Crippen LogP contribution in [0.3, 0.4) is 0 Å². The molecule has 0 saturated heterocycles. The predicted molar refractivity (Wildman–Crippen MR) is 69.3 cm³/mol. The Balaban J connectivity index is 2.49. The Morgan fingerprint density at radius 3 is 2.37 bits per heavy atom. The largest absolute Gasteiger partial charge is 0.481 e. The number of benzene rings is 1. The fraction of sp³-hybridized carbons (Fsp3) is 0.154. The molecule has 100 valence electrons. The SMILES string of the molecule is NC(=O)c1ccc(/C=C/C(=O)NCCC(=O)O)cc1. The molecule has 0 heterocycles. The summed E-state index contributed by atoms with van der Waals surface area (Å²) in [6.45, 7) is 0.0825. The average molecular weight is 262 g/mol. The number of carbonyl (C=O) groups excluding carboxylic acids is 2. The first kappa shape index (κ1) is 14.4. The van der Waals surface area contributed by atoms with Crippen LogP contribution in [0.15, 0.2) is 30.3 Å². The van der Waals surface area contributed by atoms with Crippen molar-refractivity contribution < 1.29 is 19.5 Å². The smallest absolute Gasteiger partial charge is 0.305 e. The van der Waals surface area contributed by atoms with Gasteiger partial charge in [-0.2, -0.15) is 0 Å². The number of aliphatic carboxylic acids is 1. The van der Waals surface area contributed by atoms with E-state index in [1.54, 1.807) is 30.3 Å². The zero-order valence-corrected chi connectivity index (χ0v) is 10.1. The van der Waals surface area contributed by atoms with Gasteiger partial charge in [0.2, 0.25) is 11.8 Å². The highest BCUT2D eigenvalue weighted by Crippen LogP contribution is 2.05. The number of hydrogen-bond donors (Lipinski definition) is 3. The van der Waals surface area contributed by atoms with Gasteiger partial charge in [0.15, 0.2) is 0 Å². The summed E-state index contributed by atoms with van der Waals surface area (Å²) >= 11 is 0. The number of nitrogens with two attached hydrogens (primary N) is 1. The van der Waals surface area contributed by atoms with Gasteiger partial charge < -0.3 is 16.2 Å². The molecule has 0 radical (unpaired) electrons. The summed E-state index contributed by atoms with van der Waals surface area (Å²) < 4.78 is 0. The maximum atomic E-state index is 11.3. The van der Waals surface area contributed by atoms with E-state index in [4.69, 9.17) is 10.8 Å². The van der Waals surface area contributed by atoms with E-state index in [9.17, 15) is 14.4 Å². The van der Waals surface area contributed by atoms with Crippen LogP contribution in [-0.2, 0) is 9.59 Å². The van der Waals surface area contributed by atoms with Crippen LogP contribution in [0.25, 0.3) is 6.08 Å². The van der Waals surface area contributed by atoms with Gasteiger partial charge in [0.25, 0.3) is 0 Å². The lowest BCUT2D eigenvalue weighted by Crippen LogP contribution is -2.23. The minimum absolute atomic E-state index is 0.0825. The van der Waals surface area contributed by atoms with E-state index in [-0.39, 0.29) is 18.9 Å². The molecule has 0 bridgehead atoms. The van der Waals surface area contributed by atoms with E-state index in [0.717, 1.165) is 5.56 Å². The van der Waals surface area contributed by atoms with Crippen molar-refractivity contribution in [2.75, 3.05) is 6.54 Å². The molecule has 1 aromatic rings. The summed E-state index contributed by atoms with van der Waals surface area (Å²) in [6.07, 6.45) is 2.73. The molecular weight excluding hydrogens is 248 g/mol. The molecule has 0 unspecified atom stereocenters. The molecule has 19 heavy (non-hydrogen) atoms. The summed E-state index contributed by atoms with van der Waals surface area (Å²) in [7, 11) is 0. The normalized spacial score (nSPS) is 10.3. The highest BCUT2D eigenvalue weighted by Gasteiger charge is 2.00. The third kappa shape index (κ3) is 5.49. The van der Waals surface area contributed by atoms with E-state index in [1.807, 2.05) is 0 Å². The van der Waals surface area contributed by atoms with Gasteiger partial charge in [0.05, 0.1) is 6.42 Å². The Labute approximate surface area is 109 Å². The van der Waals surface area contributed by atoms with Crippen LogP contribution in [0.4, 0.5) is 0 Å². The van der Waals surface area contributed by atoms with Crippen LogP contribution >= 0.6 is 0 Å². The predicted octanol–water partition coefficient (Wildman–Crippen LogP) is 0.390. The van der Waals surface area contributed by atoms with Crippen molar-refractivity contribution in [1.29, 1.82) is 0 Å². The minimum atomic E-state index is -0.966. The number of rotatable bonds is 6. The molecule has 4 N–H and O–H groups in total. The molecule has 1 rings (SSSR count). The van der Waals surface area contributed by atoms with Crippen LogP contribution in [0, 0.1) is 0 Å². The van der Waals surface area contributed by atoms with Gasteiger partial charge in [-0.1, -0.05) is 12.1 Å². The quantitative estimate of drug-likeness (QED) is 0.644. The second-order valence-electron chi connectivity index (χ2n) is 3.75. The van der Waals surface area contributed by atoms with Gasteiger partial charge in [-0.25, -0.2) is 0 Å².